The van der Waals surface area contributed by atoms with Gasteiger partial charge in [0.05, 0.1) is 5.52 Å². The quantitative estimate of drug-likeness (QED) is 0.532. The predicted molar refractivity (Wildman–Crippen MR) is 89.0 cm³/mol. The third-order valence-corrected chi connectivity index (χ3v) is 4.02. The summed E-state index contributed by atoms with van der Waals surface area (Å²) in [6.07, 6.45) is 0. The van der Waals surface area contributed by atoms with Crippen molar-refractivity contribution >= 4 is 27.7 Å². The molecule has 0 unspecified atom stereocenters. The van der Waals surface area contributed by atoms with Gasteiger partial charge in [0.1, 0.15) is 23.8 Å². The van der Waals surface area contributed by atoms with Crippen LogP contribution in [-0.4, -0.2) is 22.7 Å². The lowest BCUT2D eigenvalue weighted by Gasteiger charge is -2.02. The molecule has 0 radical (unpaired) electrons. The summed E-state index contributed by atoms with van der Waals surface area (Å²) in [5.74, 6) is 1.60. The van der Waals surface area contributed by atoms with Crippen LogP contribution in [0, 0.1) is 0 Å². The first-order valence-corrected chi connectivity index (χ1v) is 7.39. The number of aliphatic imine (C=N–C) groups is 1. The number of amidine groups is 1. The second kappa shape index (κ2) is 4.69. The fourth-order valence-corrected chi connectivity index (χ4v) is 2.89. The molecule has 4 aromatic rings. The summed E-state index contributed by atoms with van der Waals surface area (Å²) in [5, 5.41) is 9.58. The monoisotopic (exact) mass is 303 g/mol. The Hall–Kier alpha value is -3.12. The van der Waals surface area contributed by atoms with Gasteiger partial charge in [-0.2, -0.15) is 5.10 Å². The normalized spacial score (nSPS) is 14.3. The summed E-state index contributed by atoms with van der Waals surface area (Å²) in [6, 6.07) is 16.1. The Labute approximate surface area is 131 Å². The number of nitrogens with one attached hydrogen (secondary N) is 3. The van der Waals surface area contributed by atoms with E-state index in [0.29, 0.717) is 6.67 Å². The summed E-state index contributed by atoms with van der Waals surface area (Å²) in [7, 11) is 0. The first-order valence-electron chi connectivity index (χ1n) is 7.39. The van der Waals surface area contributed by atoms with E-state index in [4.69, 9.17) is 4.42 Å². The van der Waals surface area contributed by atoms with Gasteiger partial charge in [-0.1, -0.05) is 18.2 Å². The average molecular weight is 303 g/mol. The minimum absolute atomic E-state index is 0.579. The molecule has 2 aromatic heterocycles. The molecule has 112 valence electrons. The minimum atomic E-state index is 0.579. The third-order valence-electron chi connectivity index (χ3n) is 4.02. The highest BCUT2D eigenvalue weighted by Crippen LogP contribution is 2.31. The van der Waals surface area contributed by atoms with Crippen molar-refractivity contribution in [2.24, 2.45) is 4.99 Å². The molecule has 5 rings (SSSR count). The van der Waals surface area contributed by atoms with Crippen molar-refractivity contribution in [2.45, 2.75) is 0 Å². The van der Waals surface area contributed by atoms with Crippen molar-refractivity contribution in [1.29, 1.82) is 0 Å². The van der Waals surface area contributed by atoms with Gasteiger partial charge in [-0.3, -0.25) is 5.10 Å². The summed E-state index contributed by atoms with van der Waals surface area (Å²) < 4.78 is 5.95. The van der Waals surface area contributed by atoms with E-state index in [-0.39, 0.29) is 0 Å². The number of aromatic nitrogens is 2. The van der Waals surface area contributed by atoms with Gasteiger partial charge in [0.2, 0.25) is 0 Å². The molecule has 2 aromatic carbocycles. The van der Waals surface area contributed by atoms with Crippen molar-refractivity contribution in [3.63, 3.8) is 0 Å². The first kappa shape index (κ1) is 12.4. The number of hydrogen-bond acceptors (Lipinski definition) is 5. The molecule has 0 atom stereocenters. The molecule has 6 nitrogen and oxygen atoms in total. The van der Waals surface area contributed by atoms with Crippen LogP contribution in [0.15, 0.2) is 57.9 Å². The van der Waals surface area contributed by atoms with Crippen molar-refractivity contribution in [2.75, 3.05) is 6.67 Å². The number of para-hydroxylation sites is 1. The molecule has 0 bridgehead atoms. The van der Waals surface area contributed by atoms with E-state index in [1.807, 2.05) is 42.5 Å². The fourth-order valence-electron chi connectivity index (χ4n) is 2.89. The predicted octanol–water partition coefficient (Wildman–Crippen LogP) is 2.79. The van der Waals surface area contributed by atoms with Gasteiger partial charge >= 0.3 is 0 Å². The Balaban J connectivity index is 1.69. The van der Waals surface area contributed by atoms with Crippen molar-refractivity contribution in [1.82, 2.24) is 21.0 Å². The van der Waals surface area contributed by atoms with Gasteiger partial charge in [-0.15, -0.1) is 0 Å². The van der Waals surface area contributed by atoms with Gasteiger partial charge in [0.15, 0.2) is 5.76 Å². The van der Waals surface area contributed by atoms with Crippen molar-refractivity contribution in [3.05, 3.63) is 54.1 Å². The first-order chi connectivity index (χ1) is 11.4. The minimum Gasteiger partial charge on any atom is -0.454 e. The average Bonchev–Trinajstić information content (AvgIpc) is 3.32. The van der Waals surface area contributed by atoms with Crippen LogP contribution in [0.2, 0.25) is 0 Å². The highest BCUT2D eigenvalue weighted by molar-refractivity contribution is 6.04. The van der Waals surface area contributed by atoms with E-state index in [9.17, 15) is 0 Å². The smallest absolute Gasteiger partial charge is 0.156 e. The van der Waals surface area contributed by atoms with E-state index in [1.165, 1.54) is 0 Å². The van der Waals surface area contributed by atoms with E-state index in [0.717, 1.165) is 44.7 Å². The summed E-state index contributed by atoms with van der Waals surface area (Å²) in [5.41, 5.74) is 9.69. The van der Waals surface area contributed by atoms with Crippen LogP contribution >= 0.6 is 0 Å². The zero-order valence-electron chi connectivity index (χ0n) is 12.1. The molecule has 1 aliphatic heterocycles. The number of nitrogens with zero attached hydrogens (tertiary/aromatic N) is 2. The van der Waals surface area contributed by atoms with Crippen LogP contribution in [0.25, 0.3) is 33.3 Å². The number of furan rings is 1. The van der Waals surface area contributed by atoms with Crippen LogP contribution in [0.5, 0.6) is 0 Å². The molecular formula is C17H13N5O. The number of hydrazine groups is 1. The van der Waals surface area contributed by atoms with E-state index >= 15 is 0 Å². The van der Waals surface area contributed by atoms with Gasteiger partial charge in [0.25, 0.3) is 0 Å². The Morgan fingerprint density at radius 3 is 2.87 bits per heavy atom. The Morgan fingerprint density at radius 1 is 1.04 bits per heavy atom. The van der Waals surface area contributed by atoms with Gasteiger partial charge < -0.3 is 9.84 Å². The van der Waals surface area contributed by atoms with Crippen LogP contribution in [0.4, 0.5) is 0 Å². The second-order valence-corrected chi connectivity index (χ2v) is 5.45. The highest BCUT2D eigenvalue weighted by atomic mass is 16.3. The van der Waals surface area contributed by atoms with Gasteiger partial charge in [0, 0.05) is 16.3 Å². The number of rotatable bonds is 2. The largest absolute Gasteiger partial charge is 0.454 e. The molecule has 0 saturated carbocycles. The van der Waals surface area contributed by atoms with Crippen LogP contribution in [-0.2, 0) is 0 Å². The number of benzene rings is 2. The lowest BCUT2D eigenvalue weighted by atomic mass is 10.1. The maximum absolute atomic E-state index is 5.95. The lowest BCUT2D eigenvalue weighted by Crippen LogP contribution is -2.30. The molecule has 0 aliphatic carbocycles. The topological polar surface area (TPSA) is 78.2 Å². The Kier molecular flexibility index (Phi) is 2.53. The molecule has 0 amide bonds. The molecular weight excluding hydrogens is 290 g/mol. The standard InChI is InChI=1S/C17H13N5O/c1-2-4-14-10(3-1)8-15(23-14)16-12-7-11(17-18-9-19-22-17)5-6-13(12)20-21-16/h1-8,19H,9H2,(H,18,22)(H,20,21). The zero-order chi connectivity index (χ0) is 15.2. The molecule has 1 aliphatic rings. The van der Waals surface area contributed by atoms with E-state index < -0.39 is 0 Å². The van der Waals surface area contributed by atoms with E-state index in [1.54, 1.807) is 0 Å². The number of aromatic amines is 1. The van der Waals surface area contributed by atoms with Gasteiger partial charge in [-0.25, -0.2) is 10.4 Å². The molecule has 0 fully saturated rings. The van der Waals surface area contributed by atoms with Gasteiger partial charge in [-0.05, 0) is 30.3 Å². The van der Waals surface area contributed by atoms with Crippen LogP contribution in [0.3, 0.4) is 0 Å². The summed E-state index contributed by atoms with van der Waals surface area (Å²) >= 11 is 0. The number of H-pyrrole nitrogens is 1. The maximum atomic E-state index is 5.95. The summed E-state index contributed by atoms with van der Waals surface area (Å²) in [6.45, 7) is 0.579. The molecule has 0 saturated heterocycles. The van der Waals surface area contributed by atoms with Crippen LogP contribution < -0.4 is 10.9 Å². The number of hydrogen-bond donors (Lipinski definition) is 3. The molecule has 0 spiro atoms. The SMILES string of the molecule is c1ccc2oc(-c3n[nH]c4ccc(C5=NCNN5)cc34)cc2c1. The fraction of sp³-hybridized carbons (Fsp3) is 0.0588. The van der Waals surface area contributed by atoms with Crippen LogP contribution in [0.1, 0.15) is 5.56 Å². The molecule has 3 heterocycles. The van der Waals surface area contributed by atoms with Crippen molar-refractivity contribution in [3.8, 4) is 11.5 Å². The molecule has 23 heavy (non-hydrogen) atoms. The molecule has 6 heteroatoms. The second-order valence-electron chi connectivity index (χ2n) is 5.45. The third kappa shape index (κ3) is 1.92. The number of fused-ring (bicyclic) bond motifs is 2. The van der Waals surface area contributed by atoms with Crippen molar-refractivity contribution < 1.29 is 4.42 Å². The Bertz CT molecular complexity index is 1030. The highest BCUT2D eigenvalue weighted by Gasteiger charge is 2.15. The lowest BCUT2D eigenvalue weighted by molar-refractivity contribution is 0.629. The maximum Gasteiger partial charge on any atom is 0.156 e. The molecule has 3 N–H and O–H groups in total. The Morgan fingerprint density at radius 2 is 2.00 bits per heavy atom. The zero-order valence-corrected chi connectivity index (χ0v) is 12.1. The van der Waals surface area contributed by atoms with E-state index in [2.05, 4.69) is 32.1 Å². The summed E-state index contributed by atoms with van der Waals surface area (Å²) in [4.78, 5) is 4.37.